The van der Waals surface area contributed by atoms with Gasteiger partial charge in [-0.2, -0.15) is 0 Å². The van der Waals surface area contributed by atoms with Crippen molar-refractivity contribution in [3.05, 3.63) is 0 Å². The highest BCUT2D eigenvalue weighted by Crippen LogP contribution is 2.18. The molecule has 0 aromatic carbocycles. The Balaban J connectivity index is 1.64. The van der Waals surface area contributed by atoms with Crippen molar-refractivity contribution in [2.45, 2.75) is 38.1 Å². The summed E-state index contributed by atoms with van der Waals surface area (Å²) in [5, 5.41) is 5.33. The number of hydrogen-bond acceptors (Lipinski definition) is 3. The van der Waals surface area contributed by atoms with Crippen molar-refractivity contribution >= 4 is 17.7 Å². The molecule has 2 rings (SSSR count). The Kier molecular flexibility index (Phi) is 4.17. The second-order valence-electron chi connectivity index (χ2n) is 4.89. The van der Waals surface area contributed by atoms with Crippen molar-refractivity contribution in [3.63, 3.8) is 0 Å². The number of carbonyl (C=O) groups excluding carboxylic acids is 3. The molecule has 0 unspecified atom stereocenters. The summed E-state index contributed by atoms with van der Waals surface area (Å²) < 4.78 is 0. The SMILES string of the molecule is O=C(CN1CCCCC1=O)NCC(=O)NC1CC1. The topological polar surface area (TPSA) is 78.5 Å². The first-order valence-electron chi connectivity index (χ1n) is 6.49. The summed E-state index contributed by atoms with van der Waals surface area (Å²) >= 11 is 0. The molecule has 1 heterocycles. The molecule has 1 saturated heterocycles. The van der Waals surface area contributed by atoms with Gasteiger partial charge in [0, 0.05) is 19.0 Å². The summed E-state index contributed by atoms with van der Waals surface area (Å²) in [4.78, 5) is 36.0. The Morgan fingerprint density at radius 2 is 2.00 bits per heavy atom. The summed E-state index contributed by atoms with van der Waals surface area (Å²) in [6.07, 6.45) is 4.43. The molecule has 0 spiro atoms. The van der Waals surface area contributed by atoms with E-state index in [1.165, 1.54) is 0 Å². The molecule has 0 aromatic rings. The van der Waals surface area contributed by atoms with Gasteiger partial charge in [0.1, 0.15) is 0 Å². The van der Waals surface area contributed by atoms with Crippen molar-refractivity contribution in [2.75, 3.05) is 19.6 Å². The van der Waals surface area contributed by atoms with Crippen molar-refractivity contribution in [1.29, 1.82) is 0 Å². The van der Waals surface area contributed by atoms with E-state index < -0.39 is 0 Å². The van der Waals surface area contributed by atoms with E-state index in [9.17, 15) is 14.4 Å². The van der Waals surface area contributed by atoms with Crippen LogP contribution in [-0.2, 0) is 14.4 Å². The molecule has 6 nitrogen and oxygen atoms in total. The Hall–Kier alpha value is -1.59. The van der Waals surface area contributed by atoms with E-state index in [0.29, 0.717) is 19.0 Å². The van der Waals surface area contributed by atoms with Gasteiger partial charge >= 0.3 is 0 Å². The maximum absolute atomic E-state index is 11.6. The number of nitrogens with zero attached hydrogens (tertiary/aromatic N) is 1. The normalized spacial score (nSPS) is 19.6. The molecule has 2 aliphatic rings. The minimum Gasteiger partial charge on any atom is -0.352 e. The fourth-order valence-electron chi connectivity index (χ4n) is 1.94. The average Bonchev–Trinajstić information content (AvgIpc) is 3.13. The van der Waals surface area contributed by atoms with Gasteiger partial charge in [0.15, 0.2) is 0 Å². The third kappa shape index (κ3) is 4.01. The Bertz CT molecular complexity index is 352. The van der Waals surface area contributed by atoms with Crippen LogP contribution in [0.1, 0.15) is 32.1 Å². The lowest BCUT2D eigenvalue weighted by molar-refractivity contribution is -0.138. The minimum atomic E-state index is -0.267. The summed E-state index contributed by atoms with van der Waals surface area (Å²) in [6, 6.07) is 0.304. The standard InChI is InChI=1S/C12H19N3O3/c16-10(14-9-4-5-9)7-13-11(17)8-15-6-2-1-3-12(15)18/h9H,1-8H2,(H,13,17)(H,14,16). The van der Waals surface area contributed by atoms with Crippen molar-refractivity contribution < 1.29 is 14.4 Å². The molecule has 3 amide bonds. The van der Waals surface area contributed by atoms with Gasteiger partial charge in [-0.1, -0.05) is 0 Å². The highest BCUT2D eigenvalue weighted by molar-refractivity contribution is 5.88. The zero-order chi connectivity index (χ0) is 13.0. The number of piperidine rings is 1. The number of carbonyl (C=O) groups is 3. The molecule has 0 bridgehead atoms. The van der Waals surface area contributed by atoms with E-state index >= 15 is 0 Å². The van der Waals surface area contributed by atoms with E-state index in [1.807, 2.05) is 0 Å². The molecule has 0 radical (unpaired) electrons. The fraction of sp³-hybridized carbons (Fsp3) is 0.750. The molecular formula is C12H19N3O3. The van der Waals surface area contributed by atoms with Crippen LogP contribution in [0.3, 0.4) is 0 Å². The zero-order valence-corrected chi connectivity index (χ0v) is 10.4. The Labute approximate surface area is 106 Å². The zero-order valence-electron chi connectivity index (χ0n) is 10.4. The lowest BCUT2D eigenvalue weighted by Gasteiger charge is -2.25. The van der Waals surface area contributed by atoms with E-state index in [0.717, 1.165) is 25.7 Å². The monoisotopic (exact) mass is 253 g/mol. The maximum atomic E-state index is 11.6. The quantitative estimate of drug-likeness (QED) is 0.686. The highest BCUT2D eigenvalue weighted by Gasteiger charge is 2.24. The van der Waals surface area contributed by atoms with Gasteiger partial charge in [0.25, 0.3) is 0 Å². The molecular weight excluding hydrogens is 234 g/mol. The molecule has 1 aliphatic heterocycles. The second-order valence-corrected chi connectivity index (χ2v) is 4.89. The van der Waals surface area contributed by atoms with E-state index in [4.69, 9.17) is 0 Å². The van der Waals surface area contributed by atoms with Gasteiger partial charge in [-0.05, 0) is 25.7 Å². The van der Waals surface area contributed by atoms with Crippen LogP contribution in [0.5, 0.6) is 0 Å². The summed E-state index contributed by atoms with van der Waals surface area (Å²) in [5.41, 5.74) is 0. The second kappa shape index (κ2) is 5.84. The van der Waals surface area contributed by atoms with Crippen LogP contribution >= 0.6 is 0 Å². The molecule has 6 heteroatoms. The predicted octanol–water partition coefficient (Wildman–Crippen LogP) is -0.606. The molecule has 2 N–H and O–H groups in total. The lowest BCUT2D eigenvalue weighted by Crippen LogP contribution is -2.45. The third-order valence-electron chi connectivity index (χ3n) is 3.14. The Morgan fingerprint density at radius 1 is 1.22 bits per heavy atom. The van der Waals surface area contributed by atoms with Crippen LogP contribution < -0.4 is 10.6 Å². The van der Waals surface area contributed by atoms with Gasteiger partial charge in [-0.15, -0.1) is 0 Å². The summed E-state index contributed by atoms with van der Waals surface area (Å²) in [7, 11) is 0. The maximum Gasteiger partial charge on any atom is 0.240 e. The summed E-state index contributed by atoms with van der Waals surface area (Å²) in [5.74, 6) is -0.397. The molecule has 100 valence electrons. The van der Waals surface area contributed by atoms with Gasteiger partial charge in [-0.25, -0.2) is 0 Å². The first-order valence-corrected chi connectivity index (χ1v) is 6.49. The van der Waals surface area contributed by atoms with E-state index in [1.54, 1.807) is 4.90 Å². The highest BCUT2D eigenvalue weighted by atomic mass is 16.2. The first kappa shape index (κ1) is 12.9. The van der Waals surface area contributed by atoms with Crippen LogP contribution in [0, 0.1) is 0 Å². The van der Waals surface area contributed by atoms with Crippen LogP contribution in [0.2, 0.25) is 0 Å². The van der Waals surface area contributed by atoms with Crippen molar-refractivity contribution in [3.8, 4) is 0 Å². The van der Waals surface area contributed by atoms with Crippen LogP contribution in [0.25, 0.3) is 0 Å². The van der Waals surface area contributed by atoms with E-state index in [2.05, 4.69) is 10.6 Å². The van der Waals surface area contributed by atoms with Crippen molar-refractivity contribution in [1.82, 2.24) is 15.5 Å². The average molecular weight is 253 g/mol. The largest absolute Gasteiger partial charge is 0.352 e. The van der Waals surface area contributed by atoms with Crippen LogP contribution in [0.4, 0.5) is 0 Å². The van der Waals surface area contributed by atoms with E-state index in [-0.39, 0.29) is 30.8 Å². The molecule has 1 saturated carbocycles. The van der Waals surface area contributed by atoms with Gasteiger partial charge < -0.3 is 15.5 Å². The van der Waals surface area contributed by atoms with Gasteiger partial charge in [0.2, 0.25) is 17.7 Å². The van der Waals surface area contributed by atoms with Gasteiger partial charge in [-0.3, -0.25) is 14.4 Å². The number of rotatable bonds is 5. The van der Waals surface area contributed by atoms with Crippen LogP contribution in [0.15, 0.2) is 0 Å². The number of likely N-dealkylation sites (tertiary alicyclic amines) is 1. The number of hydrogen-bond donors (Lipinski definition) is 2. The number of nitrogens with one attached hydrogen (secondary N) is 2. The van der Waals surface area contributed by atoms with Crippen LogP contribution in [-0.4, -0.2) is 48.3 Å². The molecule has 1 aliphatic carbocycles. The molecule has 2 fully saturated rings. The fourth-order valence-corrected chi connectivity index (χ4v) is 1.94. The Morgan fingerprint density at radius 3 is 2.67 bits per heavy atom. The summed E-state index contributed by atoms with van der Waals surface area (Å²) in [6.45, 7) is 0.702. The molecule has 0 aromatic heterocycles. The number of amides is 3. The lowest BCUT2D eigenvalue weighted by atomic mass is 10.1. The van der Waals surface area contributed by atoms with Crippen molar-refractivity contribution in [2.24, 2.45) is 0 Å². The molecule has 18 heavy (non-hydrogen) atoms. The first-order chi connectivity index (χ1) is 8.65. The predicted molar refractivity (Wildman–Crippen MR) is 64.6 cm³/mol. The third-order valence-corrected chi connectivity index (χ3v) is 3.14. The molecule has 0 atom stereocenters. The smallest absolute Gasteiger partial charge is 0.240 e. The minimum absolute atomic E-state index is 0.00262. The van der Waals surface area contributed by atoms with Gasteiger partial charge in [0.05, 0.1) is 13.1 Å².